The summed E-state index contributed by atoms with van der Waals surface area (Å²) in [4.78, 5) is 0. The number of hydrogen-bond donors (Lipinski definition) is 0. The lowest BCUT2D eigenvalue weighted by Gasteiger charge is -2.33. The van der Waals surface area contributed by atoms with Crippen LogP contribution < -0.4 is 0 Å². The zero-order valence-electron chi connectivity index (χ0n) is 13.2. The predicted octanol–water partition coefficient (Wildman–Crippen LogP) is 5.92. The molecule has 108 valence electrons. The van der Waals surface area contributed by atoms with Crippen LogP contribution in [0.25, 0.3) is 0 Å². The molecule has 0 unspecified atom stereocenters. The van der Waals surface area contributed by atoms with E-state index >= 15 is 0 Å². The highest BCUT2D eigenvalue weighted by Gasteiger charge is 2.35. The van der Waals surface area contributed by atoms with E-state index < -0.39 is 8.07 Å². The molecule has 0 heterocycles. The van der Waals surface area contributed by atoms with Crippen molar-refractivity contribution in [2.24, 2.45) is 0 Å². The lowest BCUT2D eigenvalue weighted by Crippen LogP contribution is -2.37. The summed E-state index contributed by atoms with van der Waals surface area (Å²) in [6, 6.07) is 4.17. The van der Waals surface area contributed by atoms with E-state index in [1.54, 1.807) is 0 Å². The predicted molar refractivity (Wildman–Crippen MR) is 85.7 cm³/mol. The normalized spacial score (nSPS) is 11.6. The summed E-state index contributed by atoms with van der Waals surface area (Å²) in [6.07, 6.45) is 7.95. The van der Waals surface area contributed by atoms with Crippen LogP contribution in [0.4, 0.5) is 0 Å². The fourth-order valence-corrected chi connectivity index (χ4v) is 7.79. The van der Waals surface area contributed by atoms with E-state index in [0.29, 0.717) is 0 Å². The van der Waals surface area contributed by atoms with Crippen LogP contribution in [0.1, 0.15) is 66.2 Å². The van der Waals surface area contributed by atoms with Gasteiger partial charge in [-0.2, -0.15) is 0 Å². The third-order valence-electron chi connectivity index (χ3n) is 3.94. The van der Waals surface area contributed by atoms with Gasteiger partial charge in [0.15, 0.2) is 0 Å². The Kier molecular flexibility index (Phi) is 10.5. The van der Waals surface area contributed by atoms with Gasteiger partial charge in [-0.25, -0.2) is 0 Å². The van der Waals surface area contributed by atoms with E-state index in [1.165, 1.54) is 62.0 Å². The molecule has 2 heteroatoms. The maximum Gasteiger partial charge on any atom is 0.130 e. The fraction of sp³-hybridized carbons (Fsp3) is 0.875. The van der Waals surface area contributed by atoms with Gasteiger partial charge in [-0.3, -0.25) is 0 Å². The Hall–Kier alpha value is -0.243. The van der Waals surface area contributed by atoms with Crippen LogP contribution in [0.5, 0.6) is 0 Å². The van der Waals surface area contributed by atoms with E-state index in [0.717, 1.165) is 6.61 Å². The molecule has 0 spiro atoms. The zero-order chi connectivity index (χ0) is 13.9. The number of ether oxygens (including phenoxy) is 1. The third kappa shape index (κ3) is 6.08. The van der Waals surface area contributed by atoms with Crippen LogP contribution in [0.15, 0.2) is 12.0 Å². The lowest BCUT2D eigenvalue weighted by atomic mass is 10.4. The molecule has 0 aromatic rings. The van der Waals surface area contributed by atoms with E-state index in [-0.39, 0.29) is 0 Å². The number of hydrogen-bond acceptors (Lipinski definition) is 1. The van der Waals surface area contributed by atoms with Crippen molar-refractivity contribution in [2.45, 2.75) is 84.4 Å². The molecule has 0 aromatic heterocycles. The second-order valence-electron chi connectivity index (χ2n) is 5.45. The van der Waals surface area contributed by atoms with Crippen molar-refractivity contribution in [2.75, 3.05) is 6.61 Å². The van der Waals surface area contributed by atoms with Gasteiger partial charge in [-0.1, -0.05) is 84.0 Å². The van der Waals surface area contributed by atoms with E-state index in [9.17, 15) is 0 Å². The van der Waals surface area contributed by atoms with E-state index in [2.05, 4.69) is 34.3 Å². The monoisotopic (exact) mass is 270 g/mol. The molecule has 0 aliphatic rings. The summed E-state index contributed by atoms with van der Waals surface area (Å²) in [7, 11) is -1.40. The van der Waals surface area contributed by atoms with E-state index in [1.807, 2.05) is 0 Å². The Morgan fingerprint density at radius 2 is 1.22 bits per heavy atom. The Labute approximate surface area is 116 Å². The minimum absolute atomic E-state index is 0.790. The quantitative estimate of drug-likeness (QED) is 0.316. The summed E-state index contributed by atoms with van der Waals surface area (Å²) in [5.74, 6) is 0. The van der Waals surface area contributed by atoms with Crippen LogP contribution in [0, 0.1) is 0 Å². The van der Waals surface area contributed by atoms with Gasteiger partial charge >= 0.3 is 0 Å². The Morgan fingerprint density at radius 3 is 1.50 bits per heavy atom. The molecule has 0 aliphatic carbocycles. The lowest BCUT2D eigenvalue weighted by molar-refractivity contribution is 0.250. The van der Waals surface area contributed by atoms with Crippen LogP contribution in [0.3, 0.4) is 0 Å². The standard InChI is InChI=1S/C16H34OSi/c1-6-10-13-18(14-11-7-2,15-12-8-3)16(5)17-9-4/h5-15H2,1-4H3. The molecule has 0 aromatic carbocycles. The molecule has 0 atom stereocenters. The smallest absolute Gasteiger partial charge is 0.130 e. The second-order valence-corrected chi connectivity index (χ2v) is 10.1. The first-order chi connectivity index (χ1) is 8.66. The molecule has 0 N–H and O–H groups in total. The summed E-state index contributed by atoms with van der Waals surface area (Å²) in [6.45, 7) is 14.1. The van der Waals surface area contributed by atoms with Crippen LogP contribution in [-0.4, -0.2) is 14.7 Å². The number of rotatable bonds is 12. The summed E-state index contributed by atoms with van der Waals surface area (Å²) >= 11 is 0. The Bertz CT molecular complexity index is 191. The average Bonchev–Trinajstić information content (AvgIpc) is 2.38. The molecule has 0 bridgehead atoms. The third-order valence-corrected chi connectivity index (χ3v) is 9.20. The van der Waals surface area contributed by atoms with Crippen molar-refractivity contribution >= 4 is 8.07 Å². The highest BCUT2D eigenvalue weighted by molar-refractivity contribution is 6.85. The van der Waals surface area contributed by atoms with Crippen LogP contribution in [-0.2, 0) is 4.74 Å². The summed E-state index contributed by atoms with van der Waals surface area (Å²) in [5, 5.41) is 1.19. The average molecular weight is 271 g/mol. The molecule has 18 heavy (non-hydrogen) atoms. The van der Waals surface area contributed by atoms with Crippen LogP contribution >= 0.6 is 0 Å². The highest BCUT2D eigenvalue weighted by Crippen LogP contribution is 2.34. The Balaban J connectivity index is 4.78. The summed E-state index contributed by atoms with van der Waals surface area (Å²) in [5.41, 5.74) is 0. The summed E-state index contributed by atoms with van der Waals surface area (Å²) < 4.78 is 5.87. The van der Waals surface area contributed by atoms with Crippen molar-refractivity contribution in [1.29, 1.82) is 0 Å². The topological polar surface area (TPSA) is 9.23 Å². The van der Waals surface area contributed by atoms with Gasteiger partial charge in [-0.15, -0.1) is 0 Å². The molecule has 0 rings (SSSR count). The fourth-order valence-electron chi connectivity index (χ4n) is 2.67. The molecular formula is C16H34OSi. The molecule has 0 amide bonds. The molecule has 0 saturated heterocycles. The van der Waals surface area contributed by atoms with Gasteiger partial charge in [0.05, 0.1) is 12.0 Å². The van der Waals surface area contributed by atoms with Crippen molar-refractivity contribution in [3.05, 3.63) is 12.0 Å². The van der Waals surface area contributed by atoms with Crippen molar-refractivity contribution in [3.8, 4) is 0 Å². The molecular weight excluding hydrogens is 236 g/mol. The molecule has 0 aliphatic heterocycles. The maximum absolute atomic E-state index is 5.87. The number of unbranched alkanes of at least 4 members (excludes halogenated alkanes) is 3. The van der Waals surface area contributed by atoms with Gasteiger partial charge in [-0.05, 0) is 6.92 Å². The minimum atomic E-state index is -1.40. The first kappa shape index (κ1) is 17.8. The molecule has 0 saturated carbocycles. The zero-order valence-corrected chi connectivity index (χ0v) is 14.2. The van der Waals surface area contributed by atoms with Crippen molar-refractivity contribution < 1.29 is 4.74 Å². The van der Waals surface area contributed by atoms with Crippen LogP contribution in [0.2, 0.25) is 18.1 Å². The molecule has 0 radical (unpaired) electrons. The van der Waals surface area contributed by atoms with Gasteiger partial charge in [0.25, 0.3) is 0 Å². The van der Waals surface area contributed by atoms with Crippen molar-refractivity contribution in [1.82, 2.24) is 0 Å². The van der Waals surface area contributed by atoms with Crippen molar-refractivity contribution in [3.63, 3.8) is 0 Å². The van der Waals surface area contributed by atoms with E-state index in [4.69, 9.17) is 4.74 Å². The first-order valence-corrected chi connectivity index (χ1v) is 10.6. The SMILES string of the molecule is C=C(OCC)[Si](CCCC)(CCCC)CCCC. The highest BCUT2D eigenvalue weighted by atomic mass is 28.3. The largest absolute Gasteiger partial charge is 0.504 e. The molecule has 0 fully saturated rings. The van der Waals surface area contributed by atoms with Gasteiger partial charge in [0.1, 0.15) is 8.07 Å². The molecule has 1 nitrogen and oxygen atoms in total. The Morgan fingerprint density at radius 1 is 0.833 bits per heavy atom. The first-order valence-electron chi connectivity index (χ1n) is 7.99. The maximum atomic E-state index is 5.87. The van der Waals surface area contributed by atoms with Gasteiger partial charge in [0, 0.05) is 0 Å². The minimum Gasteiger partial charge on any atom is -0.504 e. The van der Waals surface area contributed by atoms with Gasteiger partial charge in [0.2, 0.25) is 0 Å². The second kappa shape index (κ2) is 10.7. The van der Waals surface area contributed by atoms with Gasteiger partial charge < -0.3 is 4.74 Å².